The van der Waals surface area contributed by atoms with Gasteiger partial charge in [-0.05, 0) is 36.5 Å². The van der Waals surface area contributed by atoms with Crippen molar-refractivity contribution in [1.29, 1.82) is 0 Å². The summed E-state index contributed by atoms with van der Waals surface area (Å²) in [7, 11) is 0. The molecule has 0 aromatic heterocycles. The minimum absolute atomic E-state index is 0.158. The average molecular weight is 326 g/mol. The Kier molecular flexibility index (Phi) is 4.04. The highest BCUT2D eigenvalue weighted by Gasteiger charge is 2.28. The number of piperidine rings is 1. The molecule has 1 aromatic rings. The van der Waals surface area contributed by atoms with Gasteiger partial charge < -0.3 is 15.8 Å². The first-order chi connectivity index (χ1) is 8.93. The molecule has 1 heterocycles. The average Bonchev–Trinajstić information content (AvgIpc) is 2.36. The molecule has 0 unspecified atom stereocenters. The molecular formula is C14H20BrN3O. The lowest BCUT2D eigenvalue weighted by Gasteiger charge is -2.40. The lowest BCUT2D eigenvalue weighted by atomic mass is 9.84. The quantitative estimate of drug-likeness (QED) is 0.380. The van der Waals surface area contributed by atoms with Gasteiger partial charge in [0, 0.05) is 28.8 Å². The van der Waals surface area contributed by atoms with Crippen molar-refractivity contribution in [2.24, 2.45) is 16.3 Å². The zero-order valence-electron chi connectivity index (χ0n) is 11.4. The van der Waals surface area contributed by atoms with E-state index in [0.717, 1.165) is 35.2 Å². The van der Waals surface area contributed by atoms with Crippen molar-refractivity contribution < 1.29 is 5.21 Å². The molecule has 1 fully saturated rings. The number of hydrogen-bond donors (Lipinski definition) is 2. The van der Waals surface area contributed by atoms with Crippen LogP contribution in [-0.4, -0.2) is 24.1 Å². The second-order valence-corrected chi connectivity index (χ2v) is 6.75. The SMILES string of the molecule is CC1(C)CCCN(c2cc(Br)ccc2/C(N)=N/O)C1. The standard InChI is InChI=1S/C14H20BrN3O/c1-14(2)6-3-7-18(9-14)12-8-10(15)4-5-11(12)13(16)17-19/h4-5,8,19H,3,6-7,9H2,1-2H3,(H2,16,17). The summed E-state index contributed by atoms with van der Waals surface area (Å²) in [6, 6.07) is 5.83. The fraction of sp³-hybridized carbons (Fsp3) is 0.500. The third kappa shape index (κ3) is 3.21. The Labute approximate surface area is 122 Å². The highest BCUT2D eigenvalue weighted by Crippen LogP contribution is 2.34. The van der Waals surface area contributed by atoms with Crippen LogP contribution in [0.2, 0.25) is 0 Å². The molecule has 1 aromatic carbocycles. The summed E-state index contributed by atoms with van der Waals surface area (Å²) < 4.78 is 1.00. The van der Waals surface area contributed by atoms with Crippen LogP contribution in [0.1, 0.15) is 32.3 Å². The van der Waals surface area contributed by atoms with E-state index in [4.69, 9.17) is 10.9 Å². The van der Waals surface area contributed by atoms with E-state index in [0.29, 0.717) is 5.41 Å². The third-order valence-corrected chi connectivity index (χ3v) is 4.08. The van der Waals surface area contributed by atoms with E-state index in [9.17, 15) is 0 Å². The van der Waals surface area contributed by atoms with Gasteiger partial charge in [0.25, 0.3) is 0 Å². The Hall–Kier alpha value is -1.23. The summed E-state index contributed by atoms with van der Waals surface area (Å²) in [6.07, 6.45) is 2.39. The van der Waals surface area contributed by atoms with Gasteiger partial charge in [0.05, 0.1) is 0 Å². The smallest absolute Gasteiger partial charge is 0.172 e. The third-order valence-electron chi connectivity index (χ3n) is 3.58. The van der Waals surface area contributed by atoms with E-state index in [1.165, 1.54) is 6.42 Å². The molecule has 1 aliphatic heterocycles. The van der Waals surface area contributed by atoms with E-state index >= 15 is 0 Å². The van der Waals surface area contributed by atoms with Crippen LogP contribution in [0.3, 0.4) is 0 Å². The molecule has 3 N–H and O–H groups in total. The van der Waals surface area contributed by atoms with Crippen LogP contribution in [0.15, 0.2) is 27.8 Å². The van der Waals surface area contributed by atoms with Gasteiger partial charge in [-0.1, -0.05) is 34.9 Å². The molecule has 1 aliphatic rings. The molecule has 2 rings (SSSR count). The zero-order chi connectivity index (χ0) is 14.0. The Morgan fingerprint density at radius 3 is 2.84 bits per heavy atom. The first-order valence-corrected chi connectivity index (χ1v) is 7.25. The number of halogens is 1. The largest absolute Gasteiger partial charge is 0.409 e. The molecule has 0 amide bonds. The summed E-state index contributed by atoms with van der Waals surface area (Å²) in [6.45, 7) is 6.54. The maximum atomic E-state index is 8.92. The molecule has 19 heavy (non-hydrogen) atoms. The van der Waals surface area contributed by atoms with Crippen LogP contribution in [0.5, 0.6) is 0 Å². The normalized spacial score (nSPS) is 19.5. The predicted molar refractivity (Wildman–Crippen MR) is 81.9 cm³/mol. The van der Waals surface area contributed by atoms with Crippen LogP contribution in [0.25, 0.3) is 0 Å². The van der Waals surface area contributed by atoms with E-state index in [-0.39, 0.29) is 5.84 Å². The van der Waals surface area contributed by atoms with Gasteiger partial charge in [-0.25, -0.2) is 0 Å². The van der Waals surface area contributed by atoms with Gasteiger partial charge in [-0.15, -0.1) is 0 Å². The zero-order valence-corrected chi connectivity index (χ0v) is 12.9. The first-order valence-electron chi connectivity index (χ1n) is 6.45. The number of nitrogens with two attached hydrogens (primary N) is 1. The van der Waals surface area contributed by atoms with E-state index in [1.807, 2.05) is 18.2 Å². The lowest BCUT2D eigenvalue weighted by Crippen LogP contribution is -2.41. The number of oxime groups is 1. The molecule has 4 nitrogen and oxygen atoms in total. The van der Waals surface area contributed by atoms with Crippen LogP contribution in [0.4, 0.5) is 5.69 Å². The van der Waals surface area contributed by atoms with Gasteiger partial charge in [0.2, 0.25) is 0 Å². The topological polar surface area (TPSA) is 61.8 Å². The molecule has 0 saturated carbocycles. The van der Waals surface area contributed by atoms with Crippen molar-refractivity contribution in [3.63, 3.8) is 0 Å². The van der Waals surface area contributed by atoms with Crippen molar-refractivity contribution in [3.8, 4) is 0 Å². The fourth-order valence-electron chi connectivity index (χ4n) is 2.67. The van der Waals surface area contributed by atoms with Crippen molar-refractivity contribution in [3.05, 3.63) is 28.2 Å². The van der Waals surface area contributed by atoms with Crippen LogP contribution >= 0.6 is 15.9 Å². The second kappa shape index (κ2) is 5.41. The van der Waals surface area contributed by atoms with Crippen molar-refractivity contribution in [1.82, 2.24) is 0 Å². The monoisotopic (exact) mass is 325 g/mol. The Bertz CT molecular complexity index is 499. The number of nitrogens with zero attached hydrogens (tertiary/aromatic N) is 2. The van der Waals surface area contributed by atoms with Crippen LogP contribution < -0.4 is 10.6 Å². The lowest BCUT2D eigenvalue weighted by molar-refractivity contribution is 0.293. The molecule has 5 heteroatoms. The van der Waals surface area contributed by atoms with Gasteiger partial charge in [-0.2, -0.15) is 0 Å². The molecule has 104 valence electrons. The summed E-state index contributed by atoms with van der Waals surface area (Å²) in [4.78, 5) is 2.32. The van der Waals surface area contributed by atoms with Gasteiger partial charge in [0.15, 0.2) is 5.84 Å². The number of anilines is 1. The van der Waals surface area contributed by atoms with Crippen molar-refractivity contribution >= 4 is 27.5 Å². The fourth-order valence-corrected chi connectivity index (χ4v) is 3.01. The second-order valence-electron chi connectivity index (χ2n) is 5.84. The van der Waals surface area contributed by atoms with E-state index in [1.54, 1.807) is 0 Å². The number of amidine groups is 1. The predicted octanol–water partition coefficient (Wildman–Crippen LogP) is 3.17. The highest BCUT2D eigenvalue weighted by atomic mass is 79.9. The molecule has 0 aliphatic carbocycles. The Morgan fingerprint density at radius 1 is 1.47 bits per heavy atom. The van der Waals surface area contributed by atoms with Crippen LogP contribution in [0, 0.1) is 5.41 Å². The van der Waals surface area contributed by atoms with Gasteiger partial charge >= 0.3 is 0 Å². The summed E-state index contributed by atoms with van der Waals surface area (Å²) in [5.41, 5.74) is 7.88. The highest BCUT2D eigenvalue weighted by molar-refractivity contribution is 9.10. The Morgan fingerprint density at radius 2 is 2.21 bits per heavy atom. The molecule has 1 saturated heterocycles. The number of benzene rings is 1. The molecule has 0 bridgehead atoms. The minimum Gasteiger partial charge on any atom is -0.409 e. The van der Waals surface area contributed by atoms with Crippen LogP contribution in [-0.2, 0) is 0 Å². The minimum atomic E-state index is 0.158. The van der Waals surface area contributed by atoms with Crippen molar-refractivity contribution in [2.45, 2.75) is 26.7 Å². The molecule has 0 atom stereocenters. The molecule has 0 spiro atoms. The summed E-state index contributed by atoms with van der Waals surface area (Å²) in [5, 5.41) is 12.0. The van der Waals surface area contributed by atoms with E-state index < -0.39 is 0 Å². The van der Waals surface area contributed by atoms with Gasteiger partial charge in [-0.3, -0.25) is 0 Å². The van der Waals surface area contributed by atoms with E-state index in [2.05, 4.69) is 39.8 Å². The Balaban J connectivity index is 2.40. The summed E-state index contributed by atoms with van der Waals surface area (Å²) in [5.74, 6) is 0.158. The maximum absolute atomic E-state index is 8.92. The van der Waals surface area contributed by atoms with Crippen molar-refractivity contribution in [2.75, 3.05) is 18.0 Å². The number of rotatable bonds is 2. The molecule has 0 radical (unpaired) electrons. The molecular weight excluding hydrogens is 306 g/mol. The number of hydrogen-bond acceptors (Lipinski definition) is 3. The summed E-state index contributed by atoms with van der Waals surface area (Å²) >= 11 is 3.49. The first kappa shape index (κ1) is 14.2. The van der Waals surface area contributed by atoms with Gasteiger partial charge in [0.1, 0.15) is 0 Å². The maximum Gasteiger partial charge on any atom is 0.172 e.